The summed E-state index contributed by atoms with van der Waals surface area (Å²) in [7, 11) is 0. The maximum Gasteiger partial charge on any atom is 0.263 e. The van der Waals surface area contributed by atoms with Crippen LogP contribution in [0.1, 0.15) is 42.2 Å². The van der Waals surface area contributed by atoms with E-state index in [1.807, 2.05) is 44.2 Å². The van der Waals surface area contributed by atoms with E-state index in [4.69, 9.17) is 0 Å². The van der Waals surface area contributed by atoms with Crippen LogP contribution in [-0.2, 0) is 0 Å². The quantitative estimate of drug-likeness (QED) is 0.634. The molecule has 5 heteroatoms. The molecule has 3 aromatic rings. The fourth-order valence-electron chi connectivity index (χ4n) is 3.42. The zero-order chi connectivity index (χ0) is 20.5. The average molecular weight is 384 g/mol. The molecule has 1 heterocycles. The summed E-state index contributed by atoms with van der Waals surface area (Å²) in [5.74, 6) is -1.05. The number of carbonyl (C=O) groups excluding carboxylic acids is 3. The van der Waals surface area contributed by atoms with Gasteiger partial charge >= 0.3 is 0 Å². The summed E-state index contributed by atoms with van der Waals surface area (Å²) in [6.45, 7) is 3.73. The number of hydrogen-bond acceptors (Lipinski definition) is 3. The lowest BCUT2D eigenvalue weighted by Gasteiger charge is -2.27. The molecule has 144 valence electrons. The molecule has 0 aromatic heterocycles. The first-order chi connectivity index (χ1) is 14.0. The van der Waals surface area contributed by atoms with E-state index in [2.05, 4.69) is 0 Å². The number of nitrogens with zero attached hydrogens (tertiary/aromatic N) is 2. The Morgan fingerprint density at radius 1 is 0.793 bits per heavy atom. The molecule has 29 heavy (non-hydrogen) atoms. The van der Waals surface area contributed by atoms with E-state index in [0.29, 0.717) is 22.4 Å². The Balaban J connectivity index is 1.72. The average Bonchev–Trinajstić information content (AvgIpc) is 2.97. The maximum absolute atomic E-state index is 13.3. The predicted molar refractivity (Wildman–Crippen MR) is 111 cm³/mol. The van der Waals surface area contributed by atoms with Crippen molar-refractivity contribution >= 4 is 23.4 Å². The van der Waals surface area contributed by atoms with Gasteiger partial charge in [-0.2, -0.15) is 0 Å². The number of hydrogen-bond donors (Lipinski definition) is 0. The van der Waals surface area contributed by atoms with Gasteiger partial charge in [-0.1, -0.05) is 42.0 Å². The number of carbonyl (C=O) groups is 3. The van der Waals surface area contributed by atoms with Crippen molar-refractivity contribution in [2.24, 2.45) is 0 Å². The molecule has 3 aromatic carbocycles. The van der Waals surface area contributed by atoms with Gasteiger partial charge in [0.2, 0.25) is 0 Å². The molecule has 0 bridgehead atoms. The van der Waals surface area contributed by atoms with Gasteiger partial charge in [0.05, 0.1) is 11.1 Å². The fraction of sp³-hybridized carbons (Fsp3) is 0.125. The first-order valence-corrected chi connectivity index (χ1v) is 9.36. The van der Waals surface area contributed by atoms with Crippen molar-refractivity contribution < 1.29 is 14.4 Å². The van der Waals surface area contributed by atoms with E-state index in [9.17, 15) is 14.4 Å². The molecule has 0 saturated heterocycles. The second-order valence-corrected chi connectivity index (χ2v) is 7.16. The highest BCUT2D eigenvalue weighted by Gasteiger charge is 2.37. The van der Waals surface area contributed by atoms with Crippen molar-refractivity contribution in [2.45, 2.75) is 13.8 Å². The highest BCUT2D eigenvalue weighted by Crippen LogP contribution is 2.26. The zero-order valence-electron chi connectivity index (χ0n) is 16.3. The molecule has 0 spiro atoms. The Morgan fingerprint density at radius 2 is 1.41 bits per heavy atom. The highest BCUT2D eigenvalue weighted by molar-refractivity contribution is 6.22. The van der Waals surface area contributed by atoms with Crippen LogP contribution in [0.2, 0.25) is 0 Å². The van der Waals surface area contributed by atoms with E-state index < -0.39 is 0 Å². The van der Waals surface area contributed by atoms with Gasteiger partial charge in [-0.3, -0.25) is 24.2 Å². The second-order valence-electron chi connectivity index (χ2n) is 7.16. The Morgan fingerprint density at radius 3 is 2.00 bits per heavy atom. The van der Waals surface area contributed by atoms with Crippen LogP contribution in [-0.4, -0.2) is 29.3 Å². The molecule has 0 radical (unpaired) electrons. The smallest absolute Gasteiger partial charge is 0.263 e. The third-order valence-corrected chi connectivity index (χ3v) is 5.02. The second kappa shape index (κ2) is 7.36. The van der Waals surface area contributed by atoms with E-state index in [1.165, 1.54) is 4.90 Å². The van der Waals surface area contributed by atoms with Crippen molar-refractivity contribution in [3.63, 3.8) is 0 Å². The van der Waals surface area contributed by atoms with Gasteiger partial charge in [-0.15, -0.1) is 0 Å². The summed E-state index contributed by atoms with van der Waals surface area (Å²) in [6.07, 6.45) is 0. The molecule has 5 nitrogen and oxygen atoms in total. The molecule has 4 rings (SSSR count). The molecule has 0 atom stereocenters. The van der Waals surface area contributed by atoms with Gasteiger partial charge in [-0.25, -0.2) is 0 Å². The largest absolute Gasteiger partial charge is 0.290 e. The summed E-state index contributed by atoms with van der Waals surface area (Å²) in [5, 5.41) is 0. The third kappa shape index (κ3) is 3.43. The van der Waals surface area contributed by atoms with E-state index in [0.717, 1.165) is 16.0 Å². The number of fused-ring (bicyclic) bond motifs is 1. The summed E-state index contributed by atoms with van der Waals surface area (Å²) in [5.41, 5.74) is 3.88. The molecule has 0 saturated carbocycles. The van der Waals surface area contributed by atoms with Crippen LogP contribution >= 0.6 is 0 Å². The minimum absolute atomic E-state index is 0.150. The number of rotatable bonds is 4. The minimum Gasteiger partial charge on any atom is -0.290 e. The van der Waals surface area contributed by atoms with Crippen LogP contribution in [0.3, 0.4) is 0 Å². The standard InChI is InChI=1S/C24H20N2O3/c1-16-10-12-18(13-11-16)22(27)25(19-7-5-6-17(2)14-19)15-26-23(28)20-8-3-4-9-21(20)24(26)29/h3-14H,15H2,1-2H3. The van der Waals surface area contributed by atoms with Crippen LogP contribution < -0.4 is 4.90 Å². The Hall–Kier alpha value is -3.73. The SMILES string of the molecule is Cc1ccc(C(=O)N(CN2C(=O)c3ccccc3C2=O)c2cccc(C)c2)cc1. The number of anilines is 1. The van der Waals surface area contributed by atoms with Gasteiger partial charge < -0.3 is 0 Å². The minimum atomic E-state index is -0.389. The summed E-state index contributed by atoms with van der Waals surface area (Å²) < 4.78 is 0. The van der Waals surface area contributed by atoms with Crippen molar-refractivity contribution in [1.29, 1.82) is 0 Å². The van der Waals surface area contributed by atoms with Crippen LogP contribution in [0.4, 0.5) is 5.69 Å². The Kier molecular flexibility index (Phi) is 4.72. The van der Waals surface area contributed by atoms with Crippen LogP contribution in [0.5, 0.6) is 0 Å². The van der Waals surface area contributed by atoms with Crippen LogP contribution in [0.25, 0.3) is 0 Å². The van der Waals surface area contributed by atoms with Crippen molar-refractivity contribution in [2.75, 3.05) is 11.6 Å². The van der Waals surface area contributed by atoms with Crippen LogP contribution in [0, 0.1) is 13.8 Å². The zero-order valence-corrected chi connectivity index (χ0v) is 16.3. The Labute approximate surface area is 169 Å². The van der Waals surface area contributed by atoms with Gasteiger partial charge in [0.15, 0.2) is 0 Å². The van der Waals surface area contributed by atoms with Gasteiger partial charge in [0.1, 0.15) is 6.67 Å². The van der Waals surface area contributed by atoms with E-state index >= 15 is 0 Å². The lowest BCUT2D eigenvalue weighted by molar-refractivity contribution is 0.0650. The third-order valence-electron chi connectivity index (χ3n) is 5.02. The molecule has 1 aliphatic heterocycles. The van der Waals surface area contributed by atoms with Crippen molar-refractivity contribution in [3.8, 4) is 0 Å². The summed E-state index contributed by atoms with van der Waals surface area (Å²) in [6, 6.07) is 21.4. The molecule has 3 amide bonds. The maximum atomic E-state index is 13.3. The predicted octanol–water partition coefficient (Wildman–Crippen LogP) is 4.20. The van der Waals surface area contributed by atoms with Crippen LogP contribution in [0.15, 0.2) is 72.8 Å². The first-order valence-electron chi connectivity index (χ1n) is 9.36. The molecular weight excluding hydrogens is 364 g/mol. The molecule has 1 aliphatic rings. The Bertz CT molecular complexity index is 1080. The van der Waals surface area contributed by atoms with Gasteiger partial charge in [0, 0.05) is 11.3 Å². The number of imide groups is 1. The normalized spacial score (nSPS) is 12.8. The van der Waals surface area contributed by atoms with Crippen molar-refractivity contribution in [3.05, 3.63) is 101 Å². The summed E-state index contributed by atoms with van der Waals surface area (Å²) in [4.78, 5) is 41.5. The lowest BCUT2D eigenvalue weighted by Crippen LogP contribution is -2.44. The molecule has 0 aliphatic carbocycles. The van der Waals surface area contributed by atoms with E-state index in [1.54, 1.807) is 42.5 Å². The lowest BCUT2D eigenvalue weighted by atomic mass is 10.1. The molecule has 0 fully saturated rings. The fourth-order valence-corrected chi connectivity index (χ4v) is 3.42. The molecule has 0 unspecified atom stereocenters. The summed E-state index contributed by atoms with van der Waals surface area (Å²) >= 11 is 0. The van der Waals surface area contributed by atoms with E-state index in [-0.39, 0.29) is 24.4 Å². The monoisotopic (exact) mass is 384 g/mol. The van der Waals surface area contributed by atoms with Gasteiger partial charge in [0.25, 0.3) is 17.7 Å². The number of benzene rings is 3. The van der Waals surface area contributed by atoms with Crippen molar-refractivity contribution in [1.82, 2.24) is 4.90 Å². The molecule has 0 N–H and O–H groups in total. The molecular formula is C24H20N2O3. The topological polar surface area (TPSA) is 57.7 Å². The number of amides is 3. The number of aryl methyl sites for hydroxylation is 2. The van der Waals surface area contributed by atoms with Gasteiger partial charge in [-0.05, 0) is 55.8 Å². The first kappa shape index (κ1) is 18.6. The highest BCUT2D eigenvalue weighted by atomic mass is 16.2.